The summed E-state index contributed by atoms with van der Waals surface area (Å²) in [5.41, 5.74) is 5.72. The van der Waals surface area contributed by atoms with Crippen molar-refractivity contribution in [2.24, 2.45) is 0 Å². The van der Waals surface area contributed by atoms with Crippen molar-refractivity contribution in [2.75, 3.05) is 32.4 Å². The summed E-state index contributed by atoms with van der Waals surface area (Å²) < 4.78 is 0. The first-order valence-corrected chi connectivity index (χ1v) is 6.98. The van der Waals surface area contributed by atoms with Gasteiger partial charge in [-0.2, -0.15) is 0 Å². The topological polar surface area (TPSA) is 92.7 Å². The second-order valence-corrected chi connectivity index (χ2v) is 5.29. The summed E-state index contributed by atoms with van der Waals surface area (Å²) in [6.07, 6.45) is 0.949. The predicted octanol–water partition coefficient (Wildman–Crippen LogP) is 1.34. The summed E-state index contributed by atoms with van der Waals surface area (Å²) in [7, 11) is 2.04. The van der Waals surface area contributed by atoms with Crippen molar-refractivity contribution >= 4 is 17.3 Å². The number of hydrogen-bond acceptors (Lipinski definition) is 5. The molecule has 1 saturated heterocycles. The number of carbonyl (C=O) groups is 1. The molecule has 1 amide bonds. The van der Waals surface area contributed by atoms with E-state index in [1.165, 1.54) is 12.1 Å². The van der Waals surface area contributed by atoms with Gasteiger partial charge in [0.1, 0.15) is 5.69 Å². The molecule has 0 bridgehead atoms. The van der Waals surface area contributed by atoms with Gasteiger partial charge in [0.25, 0.3) is 11.6 Å². The summed E-state index contributed by atoms with van der Waals surface area (Å²) >= 11 is 0. The van der Waals surface area contributed by atoms with Gasteiger partial charge in [-0.15, -0.1) is 0 Å². The quantitative estimate of drug-likeness (QED) is 0.515. The number of nitro benzene ring substituents is 1. The van der Waals surface area contributed by atoms with E-state index in [4.69, 9.17) is 5.73 Å². The molecule has 0 saturated carbocycles. The lowest BCUT2D eigenvalue weighted by Gasteiger charge is -2.39. The number of nitrogen functional groups attached to an aromatic ring is 1. The van der Waals surface area contributed by atoms with Gasteiger partial charge in [0.05, 0.1) is 10.5 Å². The highest BCUT2D eigenvalue weighted by Crippen LogP contribution is 2.26. The molecule has 7 heteroatoms. The zero-order chi connectivity index (χ0) is 15.6. The average Bonchev–Trinajstić information content (AvgIpc) is 2.47. The van der Waals surface area contributed by atoms with Crippen LogP contribution >= 0.6 is 0 Å². The Morgan fingerprint density at radius 2 is 2.19 bits per heavy atom. The maximum absolute atomic E-state index is 12.6. The number of anilines is 1. The Balaban J connectivity index is 2.25. The summed E-state index contributed by atoms with van der Waals surface area (Å²) in [6, 6.07) is 4.66. The van der Waals surface area contributed by atoms with Crippen molar-refractivity contribution in [3.8, 4) is 0 Å². The van der Waals surface area contributed by atoms with Crippen LogP contribution in [-0.4, -0.2) is 53.4 Å². The lowest BCUT2D eigenvalue weighted by atomic mass is 10.1. The van der Waals surface area contributed by atoms with E-state index in [9.17, 15) is 14.9 Å². The van der Waals surface area contributed by atoms with Crippen molar-refractivity contribution in [2.45, 2.75) is 19.4 Å². The van der Waals surface area contributed by atoms with E-state index >= 15 is 0 Å². The number of nitro groups is 1. The molecule has 1 aromatic rings. The van der Waals surface area contributed by atoms with Crippen LogP contribution in [0.1, 0.15) is 23.7 Å². The number of carbonyl (C=O) groups excluding carboxylic acids is 1. The molecular formula is C14H20N4O3. The van der Waals surface area contributed by atoms with Crippen LogP contribution < -0.4 is 5.73 Å². The van der Waals surface area contributed by atoms with E-state index in [0.717, 1.165) is 13.0 Å². The van der Waals surface area contributed by atoms with Crippen molar-refractivity contribution < 1.29 is 9.72 Å². The van der Waals surface area contributed by atoms with E-state index < -0.39 is 4.92 Å². The number of benzene rings is 1. The molecular weight excluding hydrogens is 272 g/mol. The average molecular weight is 292 g/mol. The van der Waals surface area contributed by atoms with Gasteiger partial charge in [0.15, 0.2) is 0 Å². The Bertz CT molecular complexity index is 561. The summed E-state index contributed by atoms with van der Waals surface area (Å²) in [5, 5.41) is 10.9. The fourth-order valence-electron chi connectivity index (χ4n) is 2.64. The van der Waals surface area contributed by atoms with Crippen LogP contribution in [0.5, 0.6) is 0 Å². The molecule has 2 rings (SSSR count). The van der Waals surface area contributed by atoms with Crippen molar-refractivity contribution in [3.63, 3.8) is 0 Å². The maximum atomic E-state index is 12.6. The fourth-order valence-corrected chi connectivity index (χ4v) is 2.64. The normalized spacial score (nSPS) is 19.5. The van der Waals surface area contributed by atoms with Gasteiger partial charge in [-0.1, -0.05) is 13.0 Å². The number of amides is 1. The van der Waals surface area contributed by atoms with E-state index in [-0.39, 0.29) is 22.8 Å². The number of nitrogens with zero attached hydrogens (tertiary/aromatic N) is 3. The zero-order valence-corrected chi connectivity index (χ0v) is 12.3. The first kappa shape index (κ1) is 15.2. The third-order valence-electron chi connectivity index (χ3n) is 4.05. The molecule has 0 aromatic heterocycles. The van der Waals surface area contributed by atoms with Crippen LogP contribution in [-0.2, 0) is 0 Å². The lowest BCUT2D eigenvalue weighted by molar-refractivity contribution is -0.383. The molecule has 114 valence electrons. The maximum Gasteiger partial charge on any atom is 0.292 e. The summed E-state index contributed by atoms with van der Waals surface area (Å²) in [4.78, 5) is 26.9. The first-order chi connectivity index (χ1) is 9.95. The molecule has 1 aromatic carbocycles. The van der Waals surface area contributed by atoms with Crippen LogP contribution in [0.4, 0.5) is 11.4 Å². The Morgan fingerprint density at radius 3 is 2.81 bits per heavy atom. The fraction of sp³-hybridized carbons (Fsp3) is 0.500. The monoisotopic (exact) mass is 292 g/mol. The highest BCUT2D eigenvalue weighted by Gasteiger charge is 2.29. The molecule has 1 aliphatic rings. The molecule has 1 fully saturated rings. The molecule has 1 heterocycles. The highest BCUT2D eigenvalue weighted by atomic mass is 16.6. The number of nitrogens with two attached hydrogens (primary N) is 1. The Labute approximate surface area is 123 Å². The van der Waals surface area contributed by atoms with Gasteiger partial charge in [-0.25, -0.2) is 0 Å². The molecule has 1 unspecified atom stereocenters. The van der Waals surface area contributed by atoms with Gasteiger partial charge in [0.2, 0.25) is 0 Å². The van der Waals surface area contributed by atoms with Crippen molar-refractivity contribution in [1.29, 1.82) is 0 Å². The number of piperazine rings is 1. The number of likely N-dealkylation sites (N-methyl/N-ethyl adjacent to an activating group) is 1. The van der Waals surface area contributed by atoms with Crippen molar-refractivity contribution in [3.05, 3.63) is 33.9 Å². The predicted molar refractivity (Wildman–Crippen MR) is 80.1 cm³/mol. The number of para-hydroxylation sites is 1. The van der Waals surface area contributed by atoms with Crippen LogP contribution in [0.15, 0.2) is 18.2 Å². The second-order valence-electron chi connectivity index (χ2n) is 5.29. The van der Waals surface area contributed by atoms with E-state index in [1.54, 1.807) is 11.0 Å². The van der Waals surface area contributed by atoms with E-state index in [2.05, 4.69) is 11.8 Å². The third kappa shape index (κ3) is 2.97. The van der Waals surface area contributed by atoms with Crippen LogP contribution in [0.3, 0.4) is 0 Å². The van der Waals surface area contributed by atoms with Gasteiger partial charge >= 0.3 is 0 Å². The standard InChI is InChI=1S/C14H20N4O3/c1-3-10-9-17(8-7-16(10)2)14(19)11-5-4-6-12(13(11)15)18(20)21/h4-6,10H,3,7-9,15H2,1-2H3. The minimum Gasteiger partial charge on any atom is -0.393 e. The SMILES string of the molecule is CCC1CN(C(=O)c2cccc([N+](=O)[O-])c2N)CCN1C. The third-order valence-corrected chi connectivity index (χ3v) is 4.05. The molecule has 0 radical (unpaired) electrons. The van der Waals surface area contributed by atoms with E-state index in [0.29, 0.717) is 19.1 Å². The minimum absolute atomic E-state index is 0.0560. The lowest BCUT2D eigenvalue weighted by Crippen LogP contribution is -2.53. The van der Waals surface area contributed by atoms with Crippen LogP contribution in [0.2, 0.25) is 0 Å². The van der Waals surface area contributed by atoms with Gasteiger partial charge < -0.3 is 10.6 Å². The first-order valence-electron chi connectivity index (χ1n) is 6.98. The second kappa shape index (κ2) is 6.09. The number of rotatable bonds is 3. The van der Waals surface area contributed by atoms with Gasteiger partial charge in [0, 0.05) is 31.7 Å². The largest absolute Gasteiger partial charge is 0.393 e. The van der Waals surface area contributed by atoms with Crippen molar-refractivity contribution in [1.82, 2.24) is 9.80 Å². The zero-order valence-electron chi connectivity index (χ0n) is 12.3. The number of hydrogen-bond donors (Lipinski definition) is 1. The molecule has 0 aliphatic carbocycles. The molecule has 1 atom stereocenters. The van der Waals surface area contributed by atoms with E-state index in [1.807, 2.05) is 7.05 Å². The molecule has 7 nitrogen and oxygen atoms in total. The summed E-state index contributed by atoms with van der Waals surface area (Å²) in [6.45, 7) is 4.10. The molecule has 0 spiro atoms. The minimum atomic E-state index is -0.565. The molecule has 2 N–H and O–H groups in total. The van der Waals surface area contributed by atoms with Gasteiger partial charge in [-0.05, 0) is 19.5 Å². The van der Waals surface area contributed by atoms with Crippen LogP contribution in [0.25, 0.3) is 0 Å². The molecule has 1 aliphatic heterocycles. The smallest absolute Gasteiger partial charge is 0.292 e. The summed E-state index contributed by atoms with van der Waals surface area (Å²) in [5.74, 6) is -0.234. The highest BCUT2D eigenvalue weighted by molar-refractivity contribution is 6.01. The Hall–Kier alpha value is -2.15. The van der Waals surface area contributed by atoms with Crippen LogP contribution in [0, 0.1) is 10.1 Å². The Morgan fingerprint density at radius 1 is 1.48 bits per heavy atom. The Kier molecular flexibility index (Phi) is 4.42. The van der Waals surface area contributed by atoms with Gasteiger partial charge in [-0.3, -0.25) is 19.8 Å². The molecule has 21 heavy (non-hydrogen) atoms.